The first-order chi connectivity index (χ1) is 14.5. The minimum Gasteiger partial charge on any atom is -0.497 e. The van der Waals surface area contributed by atoms with Crippen LogP contribution in [0.25, 0.3) is 0 Å². The molecule has 0 amide bonds. The summed E-state index contributed by atoms with van der Waals surface area (Å²) >= 11 is 0. The Bertz CT molecular complexity index is 741. The Morgan fingerprint density at radius 2 is 1.80 bits per heavy atom. The molecule has 3 nitrogen and oxygen atoms in total. The number of methoxy groups -OCH3 is 1. The first kappa shape index (κ1) is 22.8. The third-order valence-electron chi connectivity index (χ3n) is 6.39. The highest BCUT2D eigenvalue weighted by Crippen LogP contribution is 2.40. The maximum Gasteiger partial charge on any atom is 0.118 e. The summed E-state index contributed by atoms with van der Waals surface area (Å²) in [6.45, 7) is 10.9. The molecule has 0 aromatic heterocycles. The van der Waals surface area contributed by atoms with E-state index in [2.05, 4.69) is 80.3 Å². The van der Waals surface area contributed by atoms with Crippen LogP contribution in [0.3, 0.4) is 0 Å². The Morgan fingerprint density at radius 3 is 2.43 bits per heavy atom. The van der Waals surface area contributed by atoms with Gasteiger partial charge in [0.1, 0.15) is 5.75 Å². The topological polar surface area (TPSA) is 21.7 Å². The van der Waals surface area contributed by atoms with Gasteiger partial charge in [0.25, 0.3) is 0 Å². The summed E-state index contributed by atoms with van der Waals surface area (Å²) in [5.41, 5.74) is 2.83. The molecule has 0 unspecified atom stereocenters. The second-order valence-corrected chi connectivity index (χ2v) is 9.29. The lowest BCUT2D eigenvalue weighted by atomic mass is 9.75. The van der Waals surface area contributed by atoms with E-state index in [1.165, 1.54) is 24.0 Å². The van der Waals surface area contributed by atoms with Crippen LogP contribution in [-0.2, 0) is 11.3 Å². The molecule has 2 aromatic carbocycles. The first-order valence-electron chi connectivity index (χ1n) is 11.5. The van der Waals surface area contributed by atoms with Crippen LogP contribution in [-0.4, -0.2) is 37.3 Å². The van der Waals surface area contributed by atoms with Gasteiger partial charge in [0.15, 0.2) is 0 Å². The zero-order valence-corrected chi connectivity index (χ0v) is 19.3. The molecule has 2 atom stereocenters. The van der Waals surface area contributed by atoms with Crippen LogP contribution in [0.5, 0.6) is 5.75 Å². The fourth-order valence-electron chi connectivity index (χ4n) is 4.89. The monoisotopic (exact) mass is 409 g/mol. The van der Waals surface area contributed by atoms with Gasteiger partial charge in [0, 0.05) is 13.2 Å². The highest BCUT2D eigenvalue weighted by atomic mass is 16.5. The summed E-state index contributed by atoms with van der Waals surface area (Å²) in [4.78, 5) is 2.61. The molecule has 1 heterocycles. The van der Waals surface area contributed by atoms with E-state index < -0.39 is 0 Å². The number of hydrogen-bond donors (Lipinski definition) is 0. The van der Waals surface area contributed by atoms with Gasteiger partial charge in [0.2, 0.25) is 0 Å². The number of benzene rings is 2. The third kappa shape index (κ3) is 6.58. The summed E-state index contributed by atoms with van der Waals surface area (Å²) in [7, 11) is 1.72. The van der Waals surface area contributed by atoms with Crippen molar-refractivity contribution < 1.29 is 9.47 Å². The lowest BCUT2D eigenvalue weighted by molar-refractivity contribution is -0.0775. The second-order valence-electron chi connectivity index (χ2n) is 9.29. The van der Waals surface area contributed by atoms with Crippen molar-refractivity contribution >= 4 is 0 Å². The molecule has 2 aromatic rings. The molecule has 0 radical (unpaired) electrons. The molecule has 0 aliphatic carbocycles. The van der Waals surface area contributed by atoms with E-state index in [1.807, 2.05) is 0 Å². The highest BCUT2D eigenvalue weighted by Gasteiger charge is 2.34. The van der Waals surface area contributed by atoms with Crippen molar-refractivity contribution in [2.24, 2.45) is 5.92 Å². The molecule has 3 heteroatoms. The van der Waals surface area contributed by atoms with Crippen molar-refractivity contribution in [3.8, 4) is 5.75 Å². The van der Waals surface area contributed by atoms with Crippen LogP contribution >= 0.6 is 0 Å². The zero-order chi connectivity index (χ0) is 21.4. The van der Waals surface area contributed by atoms with Crippen molar-refractivity contribution in [1.29, 1.82) is 0 Å². The maximum atomic E-state index is 6.02. The molecule has 1 saturated heterocycles. The SMILES string of the molecule is CCCN(CC[C@H](c1ccccc1)[C@@H]1CCOC(C)(C)C1)Cc1ccc(OC)cc1. The first-order valence-corrected chi connectivity index (χ1v) is 11.5. The summed E-state index contributed by atoms with van der Waals surface area (Å²) < 4.78 is 11.3. The van der Waals surface area contributed by atoms with Gasteiger partial charge >= 0.3 is 0 Å². The molecule has 1 fully saturated rings. The van der Waals surface area contributed by atoms with Crippen molar-refractivity contribution in [3.63, 3.8) is 0 Å². The zero-order valence-electron chi connectivity index (χ0n) is 19.3. The highest BCUT2D eigenvalue weighted by molar-refractivity contribution is 5.27. The molecule has 30 heavy (non-hydrogen) atoms. The Hall–Kier alpha value is -1.84. The summed E-state index contributed by atoms with van der Waals surface area (Å²) in [5, 5.41) is 0. The van der Waals surface area contributed by atoms with Gasteiger partial charge in [-0.05, 0) is 87.7 Å². The summed E-state index contributed by atoms with van der Waals surface area (Å²) in [6.07, 6.45) is 4.67. The average molecular weight is 410 g/mol. The minimum absolute atomic E-state index is 0.0118. The normalized spacial score (nSPS) is 19.6. The molecular formula is C27H39NO2. The molecule has 0 saturated carbocycles. The Balaban J connectivity index is 1.70. The van der Waals surface area contributed by atoms with Crippen molar-refractivity contribution in [3.05, 3.63) is 65.7 Å². The van der Waals surface area contributed by atoms with Crippen molar-refractivity contribution in [1.82, 2.24) is 4.90 Å². The van der Waals surface area contributed by atoms with Crippen LogP contribution in [0.4, 0.5) is 0 Å². The summed E-state index contributed by atoms with van der Waals surface area (Å²) in [5.74, 6) is 2.19. The fourth-order valence-corrected chi connectivity index (χ4v) is 4.89. The molecule has 3 rings (SSSR count). The Morgan fingerprint density at radius 1 is 1.07 bits per heavy atom. The summed E-state index contributed by atoms with van der Waals surface area (Å²) in [6, 6.07) is 19.7. The van der Waals surface area contributed by atoms with E-state index in [9.17, 15) is 0 Å². The molecule has 1 aliphatic heterocycles. The van der Waals surface area contributed by atoms with E-state index >= 15 is 0 Å². The van der Waals surface area contributed by atoms with Gasteiger partial charge < -0.3 is 9.47 Å². The smallest absolute Gasteiger partial charge is 0.118 e. The Labute approximate surface area is 183 Å². The standard InChI is InChI=1S/C27H39NO2/c1-5-17-28(21-22-11-13-25(29-4)14-12-22)18-15-26(23-9-7-6-8-10-23)24-16-19-30-27(2,3)20-24/h6-14,24,26H,5,15-21H2,1-4H3/t24-,26-/m1/s1. The van der Waals surface area contributed by atoms with Crippen LogP contribution in [0, 0.1) is 5.92 Å². The van der Waals surface area contributed by atoms with Gasteiger partial charge in [-0.25, -0.2) is 0 Å². The largest absolute Gasteiger partial charge is 0.497 e. The van der Waals surface area contributed by atoms with Crippen LogP contribution in [0.2, 0.25) is 0 Å². The quantitative estimate of drug-likeness (QED) is 0.460. The lowest BCUT2D eigenvalue weighted by Gasteiger charge is -2.40. The van der Waals surface area contributed by atoms with Crippen molar-refractivity contribution in [2.45, 2.75) is 64.5 Å². The predicted molar refractivity (Wildman–Crippen MR) is 125 cm³/mol. The number of hydrogen-bond acceptors (Lipinski definition) is 3. The van der Waals surface area contributed by atoms with Crippen LogP contribution in [0.15, 0.2) is 54.6 Å². The number of rotatable bonds is 10. The number of nitrogens with zero attached hydrogens (tertiary/aromatic N) is 1. The molecule has 0 spiro atoms. The Kier molecular flexibility index (Phi) is 8.35. The fraction of sp³-hybridized carbons (Fsp3) is 0.556. The predicted octanol–water partition coefficient (Wildman–Crippen LogP) is 6.29. The van der Waals surface area contributed by atoms with Gasteiger partial charge in [0.05, 0.1) is 12.7 Å². The third-order valence-corrected chi connectivity index (χ3v) is 6.39. The van der Waals surface area contributed by atoms with Gasteiger partial charge in [-0.3, -0.25) is 4.90 Å². The molecule has 0 N–H and O–H groups in total. The van der Waals surface area contributed by atoms with Crippen LogP contribution in [0.1, 0.15) is 63.5 Å². The number of ether oxygens (including phenoxy) is 2. The van der Waals surface area contributed by atoms with Gasteiger partial charge in [-0.2, -0.15) is 0 Å². The van der Waals surface area contributed by atoms with Gasteiger partial charge in [-0.1, -0.05) is 49.4 Å². The van der Waals surface area contributed by atoms with E-state index in [0.29, 0.717) is 11.8 Å². The average Bonchev–Trinajstić information content (AvgIpc) is 2.74. The molecular weight excluding hydrogens is 370 g/mol. The molecule has 0 bridgehead atoms. The van der Waals surface area contributed by atoms with E-state index in [1.54, 1.807) is 7.11 Å². The molecule has 164 valence electrons. The molecule has 1 aliphatic rings. The van der Waals surface area contributed by atoms with E-state index in [0.717, 1.165) is 44.8 Å². The van der Waals surface area contributed by atoms with E-state index in [4.69, 9.17) is 9.47 Å². The lowest BCUT2D eigenvalue weighted by Crippen LogP contribution is -2.37. The minimum atomic E-state index is -0.0118. The van der Waals surface area contributed by atoms with E-state index in [-0.39, 0.29) is 5.60 Å². The second kappa shape index (κ2) is 11.0. The van der Waals surface area contributed by atoms with Crippen LogP contribution < -0.4 is 4.74 Å². The van der Waals surface area contributed by atoms with Gasteiger partial charge in [-0.15, -0.1) is 0 Å². The maximum absolute atomic E-state index is 6.02. The van der Waals surface area contributed by atoms with Crippen molar-refractivity contribution in [2.75, 3.05) is 26.8 Å².